The molecule has 0 aliphatic heterocycles. The van der Waals surface area contributed by atoms with Gasteiger partial charge >= 0.3 is 0 Å². The predicted octanol–water partition coefficient (Wildman–Crippen LogP) is 2.06. The molecule has 0 saturated heterocycles. The van der Waals surface area contributed by atoms with Crippen molar-refractivity contribution in [3.05, 3.63) is 36.0 Å². The Morgan fingerprint density at radius 3 is 2.76 bits per heavy atom. The summed E-state index contributed by atoms with van der Waals surface area (Å²) in [5.74, 6) is 0.0750. The van der Waals surface area contributed by atoms with E-state index in [-0.39, 0.29) is 0 Å². The lowest BCUT2D eigenvalue weighted by Crippen LogP contribution is -2.40. The number of benzene rings is 1. The molecule has 1 unspecified atom stereocenters. The molecule has 21 heavy (non-hydrogen) atoms. The van der Waals surface area contributed by atoms with E-state index in [4.69, 9.17) is 10.9 Å². The Kier molecular flexibility index (Phi) is 4.98. The summed E-state index contributed by atoms with van der Waals surface area (Å²) >= 11 is 0. The van der Waals surface area contributed by atoms with Gasteiger partial charge in [-0.2, -0.15) is 0 Å². The lowest BCUT2D eigenvalue weighted by atomic mass is 10.1. The molecule has 0 aliphatic carbocycles. The van der Waals surface area contributed by atoms with Crippen LogP contribution in [0.1, 0.15) is 25.8 Å². The molecule has 5 heteroatoms. The summed E-state index contributed by atoms with van der Waals surface area (Å²) in [5.41, 5.74) is 9.60. The molecule has 4 N–H and O–H groups in total. The summed E-state index contributed by atoms with van der Waals surface area (Å²) in [6.45, 7) is 5.35. The number of hydroxylamine groups is 1. The molecule has 0 spiro atoms. The highest BCUT2D eigenvalue weighted by atomic mass is 16.5. The van der Waals surface area contributed by atoms with Gasteiger partial charge in [0.1, 0.15) is 0 Å². The van der Waals surface area contributed by atoms with Crippen molar-refractivity contribution in [2.45, 2.75) is 39.3 Å². The van der Waals surface area contributed by atoms with Crippen molar-refractivity contribution >= 4 is 16.8 Å². The van der Waals surface area contributed by atoms with Crippen molar-refractivity contribution in [3.8, 4) is 0 Å². The number of rotatable bonds is 6. The molecule has 1 atom stereocenters. The Balaban J connectivity index is 2.29. The van der Waals surface area contributed by atoms with Gasteiger partial charge in [-0.05, 0) is 30.4 Å². The summed E-state index contributed by atoms with van der Waals surface area (Å²) in [6.07, 6.45) is 3.57. The number of carbonyl (C=O) groups is 1. The highest BCUT2D eigenvalue weighted by Gasteiger charge is 2.16. The van der Waals surface area contributed by atoms with Crippen LogP contribution in [0.15, 0.2) is 30.5 Å². The van der Waals surface area contributed by atoms with Gasteiger partial charge in [-0.1, -0.05) is 32.0 Å². The second-order valence-electron chi connectivity index (χ2n) is 5.83. The maximum Gasteiger partial charge on any atom is 0.260 e. The third-order valence-electron chi connectivity index (χ3n) is 3.71. The van der Waals surface area contributed by atoms with Crippen LogP contribution in [-0.4, -0.2) is 21.7 Å². The Bertz CT molecular complexity index is 619. The Morgan fingerprint density at radius 1 is 1.38 bits per heavy atom. The molecule has 1 heterocycles. The van der Waals surface area contributed by atoms with Crippen LogP contribution in [0.4, 0.5) is 0 Å². The molecule has 0 saturated carbocycles. The number of amides is 1. The molecular formula is C16H23N3O2. The topological polar surface area (TPSA) is 80.3 Å². The van der Waals surface area contributed by atoms with E-state index in [2.05, 4.69) is 30.7 Å². The number of hydrogen-bond donors (Lipinski definition) is 3. The van der Waals surface area contributed by atoms with Crippen molar-refractivity contribution in [2.24, 2.45) is 11.7 Å². The number of fused-ring (bicyclic) bond motifs is 1. The molecule has 0 radical (unpaired) electrons. The monoisotopic (exact) mass is 289 g/mol. The van der Waals surface area contributed by atoms with E-state index in [1.165, 1.54) is 0 Å². The van der Waals surface area contributed by atoms with E-state index in [0.717, 1.165) is 29.4 Å². The molecule has 0 bridgehead atoms. The summed E-state index contributed by atoms with van der Waals surface area (Å²) in [6, 6.07) is 7.37. The van der Waals surface area contributed by atoms with E-state index in [9.17, 15) is 4.79 Å². The van der Waals surface area contributed by atoms with Gasteiger partial charge in [0.2, 0.25) is 0 Å². The molecule has 0 fully saturated rings. The first kappa shape index (κ1) is 15.5. The van der Waals surface area contributed by atoms with Gasteiger partial charge in [0, 0.05) is 23.6 Å². The zero-order valence-electron chi connectivity index (χ0n) is 12.5. The van der Waals surface area contributed by atoms with Crippen molar-refractivity contribution < 1.29 is 10.0 Å². The molecule has 2 rings (SSSR count). The number of carbonyl (C=O) groups excluding carboxylic acids is 1. The molecule has 0 aliphatic rings. The molecule has 114 valence electrons. The van der Waals surface area contributed by atoms with Crippen LogP contribution >= 0.6 is 0 Å². The van der Waals surface area contributed by atoms with Gasteiger partial charge in [0.15, 0.2) is 0 Å². The van der Waals surface area contributed by atoms with Crippen molar-refractivity contribution in [3.63, 3.8) is 0 Å². The minimum Gasteiger partial charge on any atom is -0.347 e. The van der Waals surface area contributed by atoms with E-state index < -0.39 is 11.9 Å². The van der Waals surface area contributed by atoms with Gasteiger partial charge in [-0.3, -0.25) is 10.0 Å². The van der Waals surface area contributed by atoms with Crippen molar-refractivity contribution in [2.75, 3.05) is 0 Å². The van der Waals surface area contributed by atoms with Gasteiger partial charge in [-0.25, -0.2) is 5.48 Å². The number of nitrogens with two attached hydrogens (primary N) is 1. The van der Waals surface area contributed by atoms with Crippen LogP contribution in [0.2, 0.25) is 0 Å². The van der Waals surface area contributed by atoms with Gasteiger partial charge in [0.05, 0.1) is 6.04 Å². The Morgan fingerprint density at radius 2 is 2.10 bits per heavy atom. The number of para-hydroxylation sites is 1. The van der Waals surface area contributed by atoms with E-state index in [0.29, 0.717) is 12.3 Å². The fourth-order valence-electron chi connectivity index (χ4n) is 2.48. The molecule has 1 aromatic heterocycles. The maximum absolute atomic E-state index is 11.4. The largest absolute Gasteiger partial charge is 0.347 e. The van der Waals surface area contributed by atoms with E-state index >= 15 is 0 Å². The Labute approximate surface area is 124 Å². The number of aromatic nitrogens is 1. The normalized spacial score (nSPS) is 12.8. The van der Waals surface area contributed by atoms with Crippen molar-refractivity contribution in [1.29, 1.82) is 0 Å². The first-order valence-electron chi connectivity index (χ1n) is 7.29. The minimum atomic E-state index is -0.751. The summed E-state index contributed by atoms with van der Waals surface area (Å²) in [7, 11) is 0. The smallest absolute Gasteiger partial charge is 0.260 e. The van der Waals surface area contributed by atoms with Gasteiger partial charge in [-0.15, -0.1) is 0 Å². The second kappa shape index (κ2) is 6.74. The summed E-state index contributed by atoms with van der Waals surface area (Å²) in [4.78, 5) is 11.4. The zero-order chi connectivity index (χ0) is 15.4. The number of nitrogens with one attached hydrogen (secondary N) is 1. The van der Waals surface area contributed by atoms with Crippen LogP contribution in [-0.2, 0) is 17.8 Å². The summed E-state index contributed by atoms with van der Waals surface area (Å²) < 4.78 is 2.22. The van der Waals surface area contributed by atoms with Crippen molar-refractivity contribution in [1.82, 2.24) is 10.0 Å². The van der Waals surface area contributed by atoms with Gasteiger partial charge in [0.25, 0.3) is 5.91 Å². The number of aryl methyl sites for hydroxylation is 1. The average molecular weight is 289 g/mol. The number of hydrogen-bond acceptors (Lipinski definition) is 3. The minimum absolute atomic E-state index is 0.404. The maximum atomic E-state index is 11.4. The summed E-state index contributed by atoms with van der Waals surface area (Å²) in [5, 5.41) is 9.78. The van der Waals surface area contributed by atoms with Crippen LogP contribution in [0, 0.1) is 5.92 Å². The standard InChI is InChI=1S/C16H23N3O2/c1-11(2)7-8-19-10-12(9-14(17)16(20)18-21)13-5-3-4-6-15(13)19/h3-6,10-11,14,21H,7-9,17H2,1-2H3,(H,18,20). The third kappa shape index (κ3) is 3.62. The average Bonchev–Trinajstić information content (AvgIpc) is 2.82. The van der Waals surface area contributed by atoms with Crippen LogP contribution in [0.25, 0.3) is 10.9 Å². The molecule has 2 aromatic rings. The van der Waals surface area contributed by atoms with Crippen LogP contribution < -0.4 is 11.2 Å². The quantitative estimate of drug-likeness (QED) is 0.562. The first-order chi connectivity index (χ1) is 10.0. The fraction of sp³-hybridized carbons (Fsp3) is 0.438. The predicted molar refractivity (Wildman–Crippen MR) is 83.0 cm³/mol. The third-order valence-corrected chi connectivity index (χ3v) is 3.71. The highest BCUT2D eigenvalue weighted by molar-refractivity contribution is 5.86. The SMILES string of the molecule is CC(C)CCn1cc(CC(N)C(=O)NO)c2ccccc21. The van der Waals surface area contributed by atoms with Crippen LogP contribution in [0.3, 0.4) is 0 Å². The molecule has 1 amide bonds. The van der Waals surface area contributed by atoms with E-state index in [1.54, 1.807) is 5.48 Å². The van der Waals surface area contributed by atoms with E-state index in [1.807, 2.05) is 18.2 Å². The molecular weight excluding hydrogens is 266 g/mol. The highest BCUT2D eigenvalue weighted by Crippen LogP contribution is 2.23. The van der Waals surface area contributed by atoms with Gasteiger partial charge < -0.3 is 10.3 Å². The second-order valence-corrected chi connectivity index (χ2v) is 5.83. The lowest BCUT2D eigenvalue weighted by Gasteiger charge is -2.08. The molecule has 5 nitrogen and oxygen atoms in total. The first-order valence-corrected chi connectivity index (χ1v) is 7.29. The zero-order valence-corrected chi connectivity index (χ0v) is 12.5. The lowest BCUT2D eigenvalue weighted by molar-refractivity contribution is -0.130. The van der Waals surface area contributed by atoms with Crippen LogP contribution in [0.5, 0.6) is 0 Å². The fourth-order valence-corrected chi connectivity index (χ4v) is 2.48. The molecule has 1 aromatic carbocycles. The number of nitrogens with zero attached hydrogens (tertiary/aromatic N) is 1. The Hall–Kier alpha value is -1.85.